The van der Waals surface area contributed by atoms with Gasteiger partial charge in [0.25, 0.3) is 0 Å². The molecule has 0 aromatic heterocycles. The minimum atomic E-state index is -4.29. The molecule has 0 unspecified atom stereocenters. The van der Waals surface area contributed by atoms with Crippen LogP contribution in [0.4, 0.5) is 0 Å². The maximum absolute atomic E-state index is 13.8. The summed E-state index contributed by atoms with van der Waals surface area (Å²) in [5, 5.41) is 0.156. The van der Waals surface area contributed by atoms with Crippen molar-refractivity contribution in [2.75, 3.05) is 0 Å². The zero-order chi connectivity index (χ0) is 23.9. The zero-order valence-electron chi connectivity index (χ0n) is 16.4. The molecular formula is C24H12Cl6O2S. The maximum atomic E-state index is 13.8. The fourth-order valence-electron chi connectivity index (χ4n) is 3.39. The Morgan fingerprint density at radius 3 is 1.15 bits per heavy atom. The summed E-state index contributed by atoms with van der Waals surface area (Å²) in [5.41, 5.74) is 1.81. The van der Waals surface area contributed by atoms with Crippen LogP contribution in [0.1, 0.15) is 0 Å². The van der Waals surface area contributed by atoms with Crippen molar-refractivity contribution in [2.24, 2.45) is 0 Å². The summed E-state index contributed by atoms with van der Waals surface area (Å²) in [7, 11) is -4.29. The molecular weight excluding hydrogens is 565 g/mol. The van der Waals surface area contributed by atoms with Gasteiger partial charge in [-0.15, -0.1) is 0 Å². The first-order valence-corrected chi connectivity index (χ1v) is 13.1. The number of sulfone groups is 1. The van der Waals surface area contributed by atoms with Crippen molar-refractivity contribution in [3.05, 3.63) is 103 Å². The molecule has 0 bridgehead atoms. The number of hydrogen-bond acceptors (Lipinski definition) is 2. The van der Waals surface area contributed by atoms with Crippen LogP contribution in [-0.2, 0) is 9.84 Å². The molecule has 0 aliphatic rings. The molecule has 168 valence electrons. The Morgan fingerprint density at radius 2 is 0.818 bits per heavy atom. The third-order valence-corrected chi connectivity index (χ3v) is 9.34. The van der Waals surface area contributed by atoms with Crippen LogP contribution in [0, 0.1) is 0 Å². The highest BCUT2D eigenvalue weighted by Crippen LogP contribution is 2.48. The van der Waals surface area contributed by atoms with E-state index in [1.54, 1.807) is 48.5 Å². The number of benzene rings is 4. The van der Waals surface area contributed by atoms with Gasteiger partial charge in [-0.1, -0.05) is 130 Å². The molecule has 9 heteroatoms. The van der Waals surface area contributed by atoms with Crippen LogP contribution in [0.15, 0.2) is 82.6 Å². The smallest absolute Gasteiger partial charge is 0.209 e. The van der Waals surface area contributed by atoms with E-state index in [0.29, 0.717) is 22.3 Å². The van der Waals surface area contributed by atoms with Gasteiger partial charge in [-0.25, -0.2) is 8.42 Å². The van der Waals surface area contributed by atoms with Crippen molar-refractivity contribution in [3.8, 4) is 22.3 Å². The summed E-state index contributed by atoms with van der Waals surface area (Å²) in [6.07, 6.45) is 0. The molecule has 0 N–H and O–H groups in total. The Bertz CT molecular complexity index is 1360. The predicted octanol–water partition coefficient (Wildman–Crippen LogP) is 9.77. The molecule has 0 fully saturated rings. The molecule has 0 heterocycles. The first-order valence-electron chi connectivity index (χ1n) is 9.35. The molecule has 33 heavy (non-hydrogen) atoms. The van der Waals surface area contributed by atoms with E-state index < -0.39 is 9.84 Å². The average Bonchev–Trinajstić information content (AvgIpc) is 2.80. The molecule has 0 saturated heterocycles. The lowest BCUT2D eigenvalue weighted by Crippen LogP contribution is -2.06. The van der Waals surface area contributed by atoms with Crippen LogP contribution in [0.3, 0.4) is 0 Å². The maximum Gasteiger partial charge on any atom is 0.209 e. The molecule has 2 nitrogen and oxygen atoms in total. The number of rotatable bonds is 4. The van der Waals surface area contributed by atoms with Gasteiger partial charge in [0.15, 0.2) is 0 Å². The van der Waals surface area contributed by atoms with Gasteiger partial charge in [0.1, 0.15) is 0 Å². The molecule has 0 saturated carbocycles. The van der Waals surface area contributed by atoms with Crippen LogP contribution in [0.2, 0.25) is 30.1 Å². The lowest BCUT2D eigenvalue weighted by atomic mass is 10.1. The van der Waals surface area contributed by atoms with E-state index in [0.717, 1.165) is 0 Å². The van der Waals surface area contributed by atoms with Crippen LogP contribution in [-0.4, -0.2) is 8.42 Å². The standard InChI is InChI=1S/C24H12Cl6O2S/c25-15-11-17(23(29)19(21(15)27)13-7-3-1-4-8-13)33(31,32)18-12-16(26)22(28)20(24(18)30)14-9-5-2-6-10-14/h1-12H. The zero-order valence-corrected chi connectivity index (χ0v) is 21.8. The summed E-state index contributed by atoms with van der Waals surface area (Å²) in [6.45, 7) is 0. The average molecular weight is 577 g/mol. The van der Waals surface area contributed by atoms with Crippen molar-refractivity contribution in [1.29, 1.82) is 0 Å². The Morgan fingerprint density at radius 1 is 0.485 bits per heavy atom. The second-order valence-corrected chi connectivity index (χ2v) is 11.2. The van der Waals surface area contributed by atoms with E-state index in [1.165, 1.54) is 12.1 Å². The molecule has 4 aromatic carbocycles. The summed E-state index contributed by atoms with van der Waals surface area (Å²) < 4.78 is 27.6. The quantitative estimate of drug-likeness (QED) is 0.227. The predicted molar refractivity (Wildman–Crippen MR) is 139 cm³/mol. The van der Waals surface area contributed by atoms with Gasteiger partial charge in [-0.2, -0.15) is 0 Å². The van der Waals surface area contributed by atoms with Crippen molar-refractivity contribution in [1.82, 2.24) is 0 Å². The molecule has 0 amide bonds. The van der Waals surface area contributed by atoms with Gasteiger partial charge in [0.2, 0.25) is 9.84 Å². The normalized spacial score (nSPS) is 11.6. The van der Waals surface area contributed by atoms with E-state index in [4.69, 9.17) is 69.6 Å². The van der Waals surface area contributed by atoms with Gasteiger partial charge in [0.05, 0.1) is 39.9 Å². The van der Waals surface area contributed by atoms with Crippen molar-refractivity contribution in [2.45, 2.75) is 9.79 Å². The van der Waals surface area contributed by atoms with Crippen LogP contribution < -0.4 is 0 Å². The van der Waals surface area contributed by atoms with Gasteiger partial charge in [-0.05, 0) is 23.3 Å². The highest BCUT2D eigenvalue weighted by molar-refractivity contribution is 7.91. The number of hydrogen-bond donors (Lipinski definition) is 0. The Balaban J connectivity index is 2.01. The van der Waals surface area contributed by atoms with E-state index in [-0.39, 0.29) is 39.9 Å². The van der Waals surface area contributed by atoms with E-state index in [1.807, 2.05) is 12.1 Å². The summed E-state index contributed by atoms with van der Waals surface area (Å²) in [4.78, 5) is -0.506. The highest BCUT2D eigenvalue weighted by atomic mass is 35.5. The molecule has 4 aromatic rings. The third kappa shape index (κ3) is 4.49. The van der Waals surface area contributed by atoms with Crippen molar-refractivity contribution in [3.63, 3.8) is 0 Å². The molecule has 4 rings (SSSR count). The Hall–Kier alpha value is -1.43. The summed E-state index contributed by atoms with van der Waals surface area (Å²) >= 11 is 38.7. The molecule has 0 atom stereocenters. The molecule has 0 spiro atoms. The highest BCUT2D eigenvalue weighted by Gasteiger charge is 2.31. The van der Waals surface area contributed by atoms with Gasteiger partial charge in [-0.3, -0.25) is 0 Å². The van der Waals surface area contributed by atoms with E-state index in [9.17, 15) is 8.42 Å². The van der Waals surface area contributed by atoms with Gasteiger partial charge < -0.3 is 0 Å². The van der Waals surface area contributed by atoms with E-state index >= 15 is 0 Å². The van der Waals surface area contributed by atoms with Crippen LogP contribution in [0.5, 0.6) is 0 Å². The van der Waals surface area contributed by atoms with Crippen LogP contribution in [0.25, 0.3) is 22.3 Å². The lowest BCUT2D eigenvalue weighted by Gasteiger charge is -2.17. The topological polar surface area (TPSA) is 34.1 Å². The molecule has 0 aliphatic carbocycles. The number of halogens is 6. The fraction of sp³-hybridized carbons (Fsp3) is 0. The minimum absolute atomic E-state index is 0.0259. The first-order chi connectivity index (χ1) is 15.6. The molecule has 0 radical (unpaired) electrons. The third-order valence-electron chi connectivity index (χ3n) is 4.95. The summed E-state index contributed by atoms with van der Waals surface area (Å²) in [5.74, 6) is 0. The largest absolute Gasteiger partial charge is 0.218 e. The van der Waals surface area contributed by atoms with Crippen LogP contribution >= 0.6 is 69.6 Å². The van der Waals surface area contributed by atoms with Crippen molar-refractivity contribution >= 4 is 79.4 Å². The SMILES string of the molecule is O=S(=O)(c1cc(Cl)c(Cl)c(-c2ccccc2)c1Cl)c1cc(Cl)c(Cl)c(-c2ccccc2)c1Cl. The Labute approximate surface area is 221 Å². The molecule has 0 aliphatic heterocycles. The first kappa shape index (κ1) is 24.7. The van der Waals surface area contributed by atoms with Gasteiger partial charge in [0, 0.05) is 11.1 Å². The second-order valence-electron chi connectivity index (χ2n) is 6.95. The van der Waals surface area contributed by atoms with Gasteiger partial charge >= 0.3 is 0 Å². The monoisotopic (exact) mass is 574 g/mol. The second kappa shape index (κ2) is 9.67. The van der Waals surface area contributed by atoms with Crippen molar-refractivity contribution < 1.29 is 8.42 Å². The lowest BCUT2D eigenvalue weighted by molar-refractivity contribution is 0.596. The van der Waals surface area contributed by atoms with E-state index in [2.05, 4.69) is 0 Å². The Kier molecular flexibility index (Phi) is 7.24. The fourth-order valence-corrected chi connectivity index (χ4v) is 7.12. The summed E-state index contributed by atoms with van der Waals surface area (Å²) in [6, 6.07) is 20.1. The minimum Gasteiger partial charge on any atom is -0.218 e.